The van der Waals surface area contributed by atoms with Crippen molar-refractivity contribution in [3.63, 3.8) is 0 Å². The average Bonchev–Trinajstić information content (AvgIpc) is 2.60. The zero-order chi connectivity index (χ0) is 19.4. The molecule has 0 N–H and O–H groups in total. The molecule has 26 heavy (non-hydrogen) atoms. The van der Waals surface area contributed by atoms with E-state index in [-0.39, 0.29) is 13.2 Å². The van der Waals surface area contributed by atoms with Gasteiger partial charge >= 0.3 is 11.9 Å². The van der Waals surface area contributed by atoms with Gasteiger partial charge in [0.25, 0.3) is 0 Å². The van der Waals surface area contributed by atoms with Crippen LogP contribution in [0.15, 0.2) is 24.3 Å². The number of halogens is 1. The van der Waals surface area contributed by atoms with Gasteiger partial charge in [0.2, 0.25) is 11.8 Å². The number of esters is 2. The first-order valence-corrected chi connectivity index (χ1v) is 8.23. The number of ether oxygens (including phenoxy) is 2. The first kappa shape index (κ1) is 19.6. The molecule has 2 rings (SSSR count). The molecule has 1 aromatic rings. The molecule has 1 heterocycles. The molecule has 0 aliphatic carbocycles. The van der Waals surface area contributed by atoms with Gasteiger partial charge in [-0.2, -0.15) is 0 Å². The fourth-order valence-electron chi connectivity index (χ4n) is 3.05. The summed E-state index contributed by atoms with van der Waals surface area (Å²) in [5.41, 5.74) is 0.303. The lowest BCUT2D eigenvalue weighted by Crippen LogP contribution is -2.56. The third-order valence-corrected chi connectivity index (χ3v) is 4.25. The normalized spacial score (nSPS) is 22.9. The minimum atomic E-state index is -1.41. The quantitative estimate of drug-likeness (QED) is 0.443. The summed E-state index contributed by atoms with van der Waals surface area (Å²) in [4.78, 5) is 50.8. The molecule has 140 valence electrons. The molecular formula is C18H20FNO6. The van der Waals surface area contributed by atoms with E-state index in [1.807, 2.05) is 0 Å². The third-order valence-electron chi connectivity index (χ3n) is 4.25. The first-order valence-electron chi connectivity index (χ1n) is 8.23. The monoisotopic (exact) mass is 365 g/mol. The summed E-state index contributed by atoms with van der Waals surface area (Å²) in [6.07, 6.45) is 0. The van der Waals surface area contributed by atoms with Crippen molar-refractivity contribution in [2.24, 2.45) is 11.8 Å². The maximum absolute atomic E-state index is 13.3. The highest BCUT2D eigenvalue weighted by Gasteiger charge is 2.54. The molecule has 1 unspecified atom stereocenters. The Morgan fingerprint density at radius 2 is 1.38 bits per heavy atom. The molecule has 3 atom stereocenters. The summed E-state index contributed by atoms with van der Waals surface area (Å²) in [7, 11) is 1.20. The second kappa shape index (κ2) is 8.07. The SMILES string of the molecule is CCOC(=O)[C@@H]1C(=O)N(C)C(=O)[C@H](C(=O)OCC)C1c1ccc(F)cc1. The topological polar surface area (TPSA) is 90.0 Å². The summed E-state index contributed by atoms with van der Waals surface area (Å²) in [6, 6.07) is 4.94. The number of carbonyl (C=O) groups is 4. The fourth-order valence-corrected chi connectivity index (χ4v) is 3.05. The van der Waals surface area contributed by atoms with Crippen molar-refractivity contribution in [1.29, 1.82) is 0 Å². The van der Waals surface area contributed by atoms with Gasteiger partial charge < -0.3 is 9.47 Å². The second-order valence-corrected chi connectivity index (χ2v) is 5.77. The molecule has 0 spiro atoms. The number of piperidine rings is 1. The van der Waals surface area contributed by atoms with Crippen LogP contribution in [0.2, 0.25) is 0 Å². The van der Waals surface area contributed by atoms with E-state index >= 15 is 0 Å². The number of rotatable bonds is 5. The van der Waals surface area contributed by atoms with Crippen molar-refractivity contribution in [2.75, 3.05) is 20.3 Å². The summed E-state index contributed by atoms with van der Waals surface area (Å²) >= 11 is 0. The lowest BCUT2D eigenvalue weighted by molar-refractivity contribution is -0.170. The Morgan fingerprint density at radius 1 is 0.962 bits per heavy atom. The van der Waals surface area contributed by atoms with Gasteiger partial charge in [0.1, 0.15) is 17.7 Å². The van der Waals surface area contributed by atoms with E-state index in [0.29, 0.717) is 5.56 Å². The van der Waals surface area contributed by atoms with Crippen LogP contribution in [0.5, 0.6) is 0 Å². The highest BCUT2D eigenvalue weighted by molar-refractivity contribution is 6.14. The summed E-state index contributed by atoms with van der Waals surface area (Å²) in [6.45, 7) is 3.21. The maximum Gasteiger partial charge on any atom is 0.319 e. The molecule has 1 fully saturated rings. The number of hydrogen-bond donors (Lipinski definition) is 0. The van der Waals surface area contributed by atoms with Crippen molar-refractivity contribution < 1.29 is 33.0 Å². The van der Waals surface area contributed by atoms with Crippen LogP contribution in [-0.4, -0.2) is 48.9 Å². The Bertz CT molecular complexity index is 679. The highest BCUT2D eigenvalue weighted by atomic mass is 19.1. The Kier molecular flexibility index (Phi) is 6.07. The number of nitrogens with zero attached hydrogens (tertiary/aromatic N) is 1. The van der Waals surface area contributed by atoms with Crippen molar-refractivity contribution in [3.8, 4) is 0 Å². The van der Waals surface area contributed by atoms with Crippen LogP contribution in [0.1, 0.15) is 25.3 Å². The minimum Gasteiger partial charge on any atom is -0.465 e. The van der Waals surface area contributed by atoms with Gasteiger partial charge in [-0.3, -0.25) is 24.1 Å². The van der Waals surface area contributed by atoms with E-state index in [1.54, 1.807) is 13.8 Å². The number of likely N-dealkylation sites (tertiary alicyclic amines) is 1. The predicted octanol–water partition coefficient (Wildman–Crippen LogP) is 1.27. The second-order valence-electron chi connectivity index (χ2n) is 5.77. The zero-order valence-electron chi connectivity index (χ0n) is 14.7. The predicted molar refractivity (Wildman–Crippen MR) is 87.2 cm³/mol. The smallest absolute Gasteiger partial charge is 0.319 e. The first-order chi connectivity index (χ1) is 12.3. The van der Waals surface area contributed by atoms with Gasteiger partial charge in [0.05, 0.1) is 13.2 Å². The molecule has 2 amide bonds. The van der Waals surface area contributed by atoms with Gasteiger partial charge in [-0.05, 0) is 31.5 Å². The molecule has 1 aromatic carbocycles. The average molecular weight is 365 g/mol. The van der Waals surface area contributed by atoms with Crippen molar-refractivity contribution in [1.82, 2.24) is 4.90 Å². The highest BCUT2D eigenvalue weighted by Crippen LogP contribution is 2.40. The number of carbonyl (C=O) groups excluding carboxylic acids is 4. The number of hydrogen-bond acceptors (Lipinski definition) is 6. The van der Waals surface area contributed by atoms with Crippen molar-refractivity contribution in [3.05, 3.63) is 35.6 Å². The van der Waals surface area contributed by atoms with Crippen LogP contribution in [-0.2, 0) is 28.7 Å². The van der Waals surface area contributed by atoms with E-state index < -0.39 is 47.3 Å². The van der Waals surface area contributed by atoms with Crippen molar-refractivity contribution >= 4 is 23.8 Å². The summed E-state index contributed by atoms with van der Waals surface area (Å²) < 4.78 is 23.2. The van der Waals surface area contributed by atoms with E-state index in [1.165, 1.54) is 19.2 Å². The van der Waals surface area contributed by atoms with Crippen molar-refractivity contribution in [2.45, 2.75) is 19.8 Å². The van der Waals surface area contributed by atoms with E-state index in [9.17, 15) is 23.6 Å². The molecule has 1 saturated heterocycles. The molecule has 0 aromatic heterocycles. The van der Waals surface area contributed by atoms with Crippen LogP contribution in [0.4, 0.5) is 4.39 Å². The molecule has 0 bridgehead atoms. The Hall–Kier alpha value is -2.77. The number of imide groups is 1. The van der Waals surface area contributed by atoms with Crippen LogP contribution >= 0.6 is 0 Å². The van der Waals surface area contributed by atoms with Crippen LogP contribution in [0.25, 0.3) is 0 Å². The number of benzene rings is 1. The van der Waals surface area contributed by atoms with Crippen LogP contribution < -0.4 is 0 Å². The minimum absolute atomic E-state index is 0.0283. The molecule has 1 aliphatic heterocycles. The maximum atomic E-state index is 13.3. The Morgan fingerprint density at radius 3 is 1.77 bits per heavy atom. The third kappa shape index (κ3) is 3.58. The molecule has 8 heteroatoms. The summed E-state index contributed by atoms with van der Waals surface area (Å²) in [5, 5.41) is 0. The molecule has 7 nitrogen and oxygen atoms in total. The van der Waals surface area contributed by atoms with Gasteiger partial charge in [-0.25, -0.2) is 4.39 Å². The Labute approximate surface area is 150 Å². The number of amides is 2. The van der Waals surface area contributed by atoms with Gasteiger partial charge in [0, 0.05) is 13.0 Å². The molecule has 0 radical (unpaired) electrons. The van der Waals surface area contributed by atoms with E-state index in [0.717, 1.165) is 17.0 Å². The van der Waals surface area contributed by atoms with Crippen LogP contribution in [0, 0.1) is 17.7 Å². The lowest BCUT2D eigenvalue weighted by Gasteiger charge is -2.38. The van der Waals surface area contributed by atoms with Gasteiger partial charge in [-0.15, -0.1) is 0 Å². The van der Waals surface area contributed by atoms with Gasteiger partial charge in [0.15, 0.2) is 0 Å². The zero-order valence-corrected chi connectivity index (χ0v) is 14.7. The molecule has 0 saturated carbocycles. The Balaban J connectivity index is 2.59. The largest absolute Gasteiger partial charge is 0.465 e. The van der Waals surface area contributed by atoms with E-state index in [4.69, 9.17) is 9.47 Å². The van der Waals surface area contributed by atoms with Gasteiger partial charge in [-0.1, -0.05) is 12.1 Å². The lowest BCUT2D eigenvalue weighted by atomic mass is 9.72. The molecule has 1 aliphatic rings. The van der Waals surface area contributed by atoms with E-state index in [2.05, 4.69) is 0 Å². The van der Waals surface area contributed by atoms with Crippen LogP contribution in [0.3, 0.4) is 0 Å². The summed E-state index contributed by atoms with van der Waals surface area (Å²) in [5.74, 6) is -7.72. The standard InChI is InChI=1S/C18H20FNO6/c1-4-25-17(23)13-12(10-6-8-11(19)9-7-10)14(18(24)26-5-2)16(22)20(3)15(13)21/h6-9,12-14H,4-5H2,1-3H3/t12?,13-,14+. The molecular weight excluding hydrogens is 345 g/mol. The fraction of sp³-hybridized carbons (Fsp3) is 0.444.